The smallest absolute Gasteiger partial charge is 0.218 e. The van der Waals surface area contributed by atoms with E-state index in [2.05, 4.69) is 10.3 Å². The van der Waals surface area contributed by atoms with Crippen molar-refractivity contribution in [3.63, 3.8) is 0 Å². The maximum absolute atomic E-state index is 6.08. The van der Waals surface area contributed by atoms with Crippen molar-refractivity contribution in [2.24, 2.45) is 0 Å². The lowest BCUT2D eigenvalue weighted by atomic mass is 10.2. The molecule has 4 heteroatoms. The molecule has 1 aromatic carbocycles. The second kappa shape index (κ2) is 5.74. The van der Waals surface area contributed by atoms with Crippen molar-refractivity contribution in [3.8, 4) is 5.88 Å². The lowest BCUT2D eigenvalue weighted by molar-refractivity contribution is 0.393. The number of anilines is 1. The standard InChI is InChI=1S/C14H15ClN2O/c1-10-12(15)6-3-7-13(10)17-9-11-5-4-8-16-14(11)18-2/h3-8,17H,9H2,1-2H3. The maximum Gasteiger partial charge on any atom is 0.218 e. The van der Waals surface area contributed by atoms with Gasteiger partial charge in [0.15, 0.2) is 0 Å². The number of aromatic nitrogens is 1. The lowest BCUT2D eigenvalue weighted by Crippen LogP contribution is -2.04. The van der Waals surface area contributed by atoms with E-state index in [0.717, 1.165) is 21.8 Å². The molecule has 2 rings (SSSR count). The predicted octanol–water partition coefficient (Wildman–Crippen LogP) is 3.66. The van der Waals surface area contributed by atoms with Crippen LogP contribution in [0.25, 0.3) is 0 Å². The Morgan fingerprint density at radius 1 is 1.28 bits per heavy atom. The fourth-order valence-electron chi connectivity index (χ4n) is 1.73. The quantitative estimate of drug-likeness (QED) is 0.913. The highest BCUT2D eigenvalue weighted by molar-refractivity contribution is 6.31. The van der Waals surface area contributed by atoms with Gasteiger partial charge in [-0.3, -0.25) is 0 Å². The molecule has 0 fully saturated rings. The molecule has 2 aromatic rings. The fourth-order valence-corrected chi connectivity index (χ4v) is 1.91. The molecule has 0 aliphatic heterocycles. The minimum Gasteiger partial charge on any atom is -0.481 e. The van der Waals surface area contributed by atoms with Gasteiger partial charge in [-0.2, -0.15) is 0 Å². The van der Waals surface area contributed by atoms with Crippen LogP contribution >= 0.6 is 11.6 Å². The highest BCUT2D eigenvalue weighted by atomic mass is 35.5. The van der Waals surface area contributed by atoms with E-state index in [0.29, 0.717) is 12.4 Å². The molecule has 94 valence electrons. The third-order valence-corrected chi connectivity index (χ3v) is 3.19. The zero-order valence-corrected chi connectivity index (χ0v) is 11.2. The first kappa shape index (κ1) is 12.7. The van der Waals surface area contributed by atoms with Crippen LogP contribution in [-0.2, 0) is 6.54 Å². The summed E-state index contributed by atoms with van der Waals surface area (Å²) in [6.45, 7) is 2.64. The van der Waals surface area contributed by atoms with Crippen LogP contribution in [0, 0.1) is 6.92 Å². The Morgan fingerprint density at radius 3 is 2.89 bits per heavy atom. The van der Waals surface area contributed by atoms with Gasteiger partial charge in [-0.25, -0.2) is 4.98 Å². The highest BCUT2D eigenvalue weighted by Gasteiger charge is 2.05. The number of hydrogen-bond acceptors (Lipinski definition) is 3. The van der Waals surface area contributed by atoms with Crippen LogP contribution in [0.3, 0.4) is 0 Å². The molecule has 18 heavy (non-hydrogen) atoms. The summed E-state index contributed by atoms with van der Waals surface area (Å²) in [7, 11) is 1.62. The number of nitrogens with zero attached hydrogens (tertiary/aromatic N) is 1. The van der Waals surface area contributed by atoms with E-state index < -0.39 is 0 Å². The van der Waals surface area contributed by atoms with E-state index in [1.165, 1.54) is 0 Å². The first-order valence-electron chi connectivity index (χ1n) is 5.69. The van der Waals surface area contributed by atoms with Crippen LogP contribution in [0.2, 0.25) is 5.02 Å². The normalized spacial score (nSPS) is 10.2. The highest BCUT2D eigenvalue weighted by Crippen LogP contribution is 2.24. The third-order valence-electron chi connectivity index (χ3n) is 2.78. The molecule has 3 nitrogen and oxygen atoms in total. The summed E-state index contributed by atoms with van der Waals surface area (Å²) >= 11 is 6.08. The van der Waals surface area contributed by atoms with Crippen LogP contribution in [0.1, 0.15) is 11.1 Å². The Hall–Kier alpha value is -1.74. The van der Waals surface area contributed by atoms with Crippen molar-refractivity contribution in [2.45, 2.75) is 13.5 Å². The van der Waals surface area contributed by atoms with Crippen LogP contribution < -0.4 is 10.1 Å². The van der Waals surface area contributed by atoms with Crippen molar-refractivity contribution in [2.75, 3.05) is 12.4 Å². The first-order valence-corrected chi connectivity index (χ1v) is 6.07. The number of rotatable bonds is 4. The minimum atomic E-state index is 0.643. The molecule has 0 radical (unpaired) electrons. The van der Waals surface area contributed by atoms with E-state index in [-0.39, 0.29) is 0 Å². The summed E-state index contributed by atoms with van der Waals surface area (Å²) in [5, 5.41) is 4.10. The number of hydrogen-bond donors (Lipinski definition) is 1. The molecular weight excluding hydrogens is 248 g/mol. The van der Waals surface area contributed by atoms with Gasteiger partial charge in [-0.15, -0.1) is 0 Å². The fraction of sp³-hybridized carbons (Fsp3) is 0.214. The van der Waals surface area contributed by atoms with Gasteiger partial charge in [0.05, 0.1) is 7.11 Å². The topological polar surface area (TPSA) is 34.1 Å². The van der Waals surface area contributed by atoms with Crippen molar-refractivity contribution in [1.82, 2.24) is 4.98 Å². The number of methoxy groups -OCH3 is 1. The van der Waals surface area contributed by atoms with E-state index in [1.54, 1.807) is 13.3 Å². The number of benzene rings is 1. The van der Waals surface area contributed by atoms with Crippen molar-refractivity contribution in [1.29, 1.82) is 0 Å². The van der Waals surface area contributed by atoms with Crippen molar-refractivity contribution in [3.05, 3.63) is 52.7 Å². The molecule has 0 amide bonds. The summed E-state index contributed by atoms with van der Waals surface area (Å²) in [6, 6.07) is 9.69. The molecule has 1 N–H and O–H groups in total. The average Bonchev–Trinajstić information content (AvgIpc) is 2.41. The molecule has 0 unspecified atom stereocenters. The van der Waals surface area contributed by atoms with E-state index in [9.17, 15) is 0 Å². The molecule has 0 bridgehead atoms. The molecule has 0 aliphatic carbocycles. The van der Waals surface area contributed by atoms with Crippen molar-refractivity contribution >= 4 is 17.3 Å². The van der Waals surface area contributed by atoms with Crippen LogP contribution in [0.4, 0.5) is 5.69 Å². The second-order valence-electron chi connectivity index (χ2n) is 3.94. The minimum absolute atomic E-state index is 0.643. The molecular formula is C14H15ClN2O. The molecule has 0 spiro atoms. The third kappa shape index (κ3) is 2.74. The Balaban J connectivity index is 2.14. The number of ether oxygens (including phenoxy) is 1. The monoisotopic (exact) mass is 262 g/mol. The summed E-state index contributed by atoms with van der Waals surface area (Å²) < 4.78 is 5.21. The van der Waals surface area contributed by atoms with E-state index in [4.69, 9.17) is 16.3 Å². The average molecular weight is 263 g/mol. The van der Waals surface area contributed by atoms with E-state index >= 15 is 0 Å². The number of nitrogens with one attached hydrogen (secondary N) is 1. The maximum atomic E-state index is 6.08. The Bertz CT molecular complexity index is 543. The first-order chi connectivity index (χ1) is 8.72. The predicted molar refractivity (Wildman–Crippen MR) is 74.3 cm³/mol. The molecule has 0 saturated heterocycles. The van der Waals surface area contributed by atoms with Crippen LogP contribution in [0.15, 0.2) is 36.5 Å². The zero-order valence-electron chi connectivity index (χ0n) is 10.4. The second-order valence-corrected chi connectivity index (χ2v) is 4.34. The molecule has 1 aromatic heterocycles. The van der Waals surface area contributed by atoms with Gasteiger partial charge in [0.2, 0.25) is 5.88 Å². The van der Waals surface area contributed by atoms with Gasteiger partial charge in [0.25, 0.3) is 0 Å². The Morgan fingerprint density at radius 2 is 2.11 bits per heavy atom. The van der Waals surface area contributed by atoms with Crippen molar-refractivity contribution < 1.29 is 4.74 Å². The van der Waals surface area contributed by atoms with Crippen LogP contribution in [0.5, 0.6) is 5.88 Å². The summed E-state index contributed by atoms with van der Waals surface area (Å²) in [5.41, 5.74) is 3.08. The Kier molecular flexibility index (Phi) is 4.05. The molecule has 0 aliphatic rings. The summed E-state index contributed by atoms with van der Waals surface area (Å²) in [5.74, 6) is 0.643. The van der Waals surface area contributed by atoms with Gasteiger partial charge in [0, 0.05) is 29.0 Å². The number of halogens is 1. The number of pyridine rings is 1. The van der Waals surface area contributed by atoms with Gasteiger partial charge in [-0.05, 0) is 30.7 Å². The summed E-state index contributed by atoms with van der Waals surface area (Å²) in [6.07, 6.45) is 1.72. The molecule has 0 atom stereocenters. The SMILES string of the molecule is COc1ncccc1CNc1cccc(Cl)c1C. The van der Waals surface area contributed by atoms with Gasteiger partial charge < -0.3 is 10.1 Å². The zero-order chi connectivity index (χ0) is 13.0. The van der Waals surface area contributed by atoms with E-state index in [1.807, 2.05) is 37.3 Å². The van der Waals surface area contributed by atoms with Gasteiger partial charge in [0.1, 0.15) is 0 Å². The molecule has 0 saturated carbocycles. The Labute approximate surface area is 112 Å². The molecule has 1 heterocycles. The largest absolute Gasteiger partial charge is 0.481 e. The lowest BCUT2D eigenvalue weighted by Gasteiger charge is -2.12. The van der Waals surface area contributed by atoms with Gasteiger partial charge >= 0.3 is 0 Å². The van der Waals surface area contributed by atoms with Gasteiger partial charge in [-0.1, -0.05) is 23.7 Å². The summed E-state index contributed by atoms with van der Waals surface area (Å²) in [4.78, 5) is 4.16. The van der Waals surface area contributed by atoms with Crippen LogP contribution in [-0.4, -0.2) is 12.1 Å².